The third-order valence-electron chi connectivity index (χ3n) is 4.91. The summed E-state index contributed by atoms with van der Waals surface area (Å²) in [5.41, 5.74) is -0.817. The van der Waals surface area contributed by atoms with Gasteiger partial charge in [-0.25, -0.2) is 0 Å². The molecule has 0 aliphatic heterocycles. The van der Waals surface area contributed by atoms with E-state index < -0.39 is 11.7 Å². The molecule has 0 saturated heterocycles. The van der Waals surface area contributed by atoms with E-state index >= 15 is 0 Å². The summed E-state index contributed by atoms with van der Waals surface area (Å²) in [7, 11) is 0. The normalized spacial score (nSPS) is 25.4. The maximum atomic E-state index is 12.1. The van der Waals surface area contributed by atoms with Crippen LogP contribution in [0.3, 0.4) is 0 Å². The van der Waals surface area contributed by atoms with Crippen LogP contribution in [0.15, 0.2) is 0 Å². The second-order valence-electron chi connectivity index (χ2n) is 6.92. The zero-order valence-corrected chi connectivity index (χ0v) is 16.7. The largest absolute Gasteiger partial charge is 0.462 e. The highest BCUT2D eigenvalue weighted by Crippen LogP contribution is 2.40. The summed E-state index contributed by atoms with van der Waals surface area (Å²) in [4.78, 5) is 35.7. The van der Waals surface area contributed by atoms with Crippen LogP contribution in [-0.4, -0.2) is 35.7 Å². The molecule has 0 radical (unpaired) electrons. The molecular formula is C20H34O6. The van der Waals surface area contributed by atoms with Crippen molar-refractivity contribution in [1.29, 1.82) is 0 Å². The molecule has 1 fully saturated rings. The maximum absolute atomic E-state index is 12.1. The number of hydrogen-bond acceptors (Lipinski definition) is 6. The van der Waals surface area contributed by atoms with Gasteiger partial charge in [0.05, 0.1) is 0 Å². The first-order chi connectivity index (χ1) is 12.4. The lowest BCUT2D eigenvalue weighted by molar-refractivity contribution is -0.205. The Kier molecular flexibility index (Phi) is 9.66. The molecule has 150 valence electrons. The van der Waals surface area contributed by atoms with Crippen LogP contribution in [0.4, 0.5) is 0 Å². The van der Waals surface area contributed by atoms with Crippen LogP contribution >= 0.6 is 0 Å². The van der Waals surface area contributed by atoms with E-state index in [4.69, 9.17) is 14.2 Å². The van der Waals surface area contributed by atoms with E-state index in [0.29, 0.717) is 32.1 Å². The first-order valence-corrected chi connectivity index (χ1v) is 10.0. The quantitative estimate of drug-likeness (QED) is 0.327. The highest BCUT2D eigenvalue weighted by atomic mass is 16.6. The minimum atomic E-state index is -0.817. The standard InChI is InChI=1S/C20H34O6/c1-5-9-10-12-20(26-19(23)8-4)13-11-15(24-17(21)6-2)14-16(20)25-18(22)7-3/h15-16H,5-14H2,1-4H3. The van der Waals surface area contributed by atoms with Gasteiger partial charge in [0.25, 0.3) is 0 Å². The van der Waals surface area contributed by atoms with Gasteiger partial charge in [0.15, 0.2) is 0 Å². The van der Waals surface area contributed by atoms with Crippen molar-refractivity contribution in [2.75, 3.05) is 0 Å². The van der Waals surface area contributed by atoms with Crippen molar-refractivity contribution in [3.05, 3.63) is 0 Å². The molecule has 0 spiro atoms. The second kappa shape index (κ2) is 11.2. The summed E-state index contributed by atoms with van der Waals surface area (Å²) >= 11 is 0. The summed E-state index contributed by atoms with van der Waals surface area (Å²) in [6.45, 7) is 7.35. The molecule has 3 unspecified atom stereocenters. The average molecular weight is 370 g/mol. The number of carbonyl (C=O) groups excluding carboxylic acids is 3. The molecule has 0 heterocycles. The van der Waals surface area contributed by atoms with Gasteiger partial charge in [-0.05, 0) is 25.7 Å². The SMILES string of the molecule is CCCCCC1(OC(=O)CC)CCC(OC(=O)CC)CC1OC(=O)CC. The van der Waals surface area contributed by atoms with Crippen molar-refractivity contribution in [3.8, 4) is 0 Å². The van der Waals surface area contributed by atoms with Crippen molar-refractivity contribution in [2.45, 2.75) is 110 Å². The molecule has 0 aromatic heterocycles. The Hall–Kier alpha value is -1.59. The third kappa shape index (κ3) is 6.61. The van der Waals surface area contributed by atoms with E-state index in [1.165, 1.54) is 0 Å². The van der Waals surface area contributed by atoms with Gasteiger partial charge in [-0.3, -0.25) is 14.4 Å². The molecule has 0 amide bonds. The molecular weight excluding hydrogens is 336 g/mol. The zero-order valence-electron chi connectivity index (χ0n) is 16.7. The van der Waals surface area contributed by atoms with E-state index in [1.54, 1.807) is 20.8 Å². The van der Waals surface area contributed by atoms with Gasteiger partial charge in [0.2, 0.25) is 0 Å². The molecule has 1 aliphatic rings. The lowest BCUT2D eigenvalue weighted by Gasteiger charge is -2.44. The van der Waals surface area contributed by atoms with Crippen LogP contribution < -0.4 is 0 Å². The van der Waals surface area contributed by atoms with Crippen molar-refractivity contribution in [3.63, 3.8) is 0 Å². The summed E-state index contributed by atoms with van der Waals surface area (Å²) < 4.78 is 17.0. The van der Waals surface area contributed by atoms with Crippen LogP contribution in [0.5, 0.6) is 0 Å². The van der Waals surface area contributed by atoms with E-state index in [2.05, 4.69) is 6.92 Å². The predicted octanol–water partition coefficient (Wildman–Crippen LogP) is 4.09. The summed E-state index contributed by atoms with van der Waals surface area (Å²) in [6, 6.07) is 0. The molecule has 1 saturated carbocycles. The zero-order chi connectivity index (χ0) is 19.6. The third-order valence-corrected chi connectivity index (χ3v) is 4.91. The number of carbonyl (C=O) groups is 3. The molecule has 0 N–H and O–H groups in total. The number of rotatable bonds is 10. The summed E-state index contributed by atoms with van der Waals surface area (Å²) in [6.07, 6.45) is 5.09. The highest BCUT2D eigenvalue weighted by molar-refractivity contribution is 5.71. The van der Waals surface area contributed by atoms with Gasteiger partial charge >= 0.3 is 17.9 Å². The molecule has 0 bridgehead atoms. The molecule has 3 atom stereocenters. The van der Waals surface area contributed by atoms with Crippen molar-refractivity contribution < 1.29 is 28.6 Å². The first kappa shape index (κ1) is 22.5. The molecule has 0 aromatic carbocycles. The molecule has 6 heteroatoms. The molecule has 1 rings (SSSR count). The number of ether oxygens (including phenoxy) is 3. The van der Waals surface area contributed by atoms with Gasteiger partial charge in [-0.2, -0.15) is 0 Å². The number of hydrogen-bond donors (Lipinski definition) is 0. The first-order valence-electron chi connectivity index (χ1n) is 10.0. The fourth-order valence-corrected chi connectivity index (χ4v) is 3.34. The minimum absolute atomic E-state index is 0.253. The molecule has 1 aliphatic carbocycles. The number of unbranched alkanes of at least 4 members (excludes halogenated alkanes) is 2. The van der Waals surface area contributed by atoms with E-state index in [0.717, 1.165) is 19.3 Å². The van der Waals surface area contributed by atoms with Crippen molar-refractivity contribution >= 4 is 17.9 Å². The Labute approximate surface area is 156 Å². The van der Waals surface area contributed by atoms with Gasteiger partial charge in [-0.1, -0.05) is 40.5 Å². The lowest BCUT2D eigenvalue weighted by atomic mass is 9.77. The van der Waals surface area contributed by atoms with Crippen LogP contribution in [0.25, 0.3) is 0 Å². The highest BCUT2D eigenvalue weighted by Gasteiger charge is 2.49. The smallest absolute Gasteiger partial charge is 0.306 e. The Morgan fingerprint density at radius 3 is 2.08 bits per heavy atom. The molecule has 26 heavy (non-hydrogen) atoms. The minimum Gasteiger partial charge on any atom is -0.462 e. The van der Waals surface area contributed by atoms with E-state index in [-0.39, 0.29) is 36.9 Å². The Balaban J connectivity index is 3.01. The van der Waals surface area contributed by atoms with Crippen LogP contribution in [0.1, 0.15) is 91.9 Å². The second-order valence-corrected chi connectivity index (χ2v) is 6.92. The summed E-state index contributed by atoms with van der Waals surface area (Å²) in [5, 5.41) is 0. The lowest BCUT2D eigenvalue weighted by Crippen LogP contribution is -2.53. The average Bonchev–Trinajstić information content (AvgIpc) is 2.64. The topological polar surface area (TPSA) is 78.9 Å². The van der Waals surface area contributed by atoms with Crippen LogP contribution in [0.2, 0.25) is 0 Å². The fourth-order valence-electron chi connectivity index (χ4n) is 3.34. The van der Waals surface area contributed by atoms with E-state index in [1.807, 2.05) is 0 Å². The maximum Gasteiger partial charge on any atom is 0.306 e. The Morgan fingerprint density at radius 2 is 1.50 bits per heavy atom. The van der Waals surface area contributed by atoms with Gasteiger partial charge in [0, 0.05) is 25.7 Å². The van der Waals surface area contributed by atoms with Crippen molar-refractivity contribution in [2.24, 2.45) is 0 Å². The Bertz CT molecular complexity index is 475. The van der Waals surface area contributed by atoms with Crippen LogP contribution in [-0.2, 0) is 28.6 Å². The predicted molar refractivity (Wildman–Crippen MR) is 97.4 cm³/mol. The van der Waals surface area contributed by atoms with Crippen molar-refractivity contribution in [1.82, 2.24) is 0 Å². The van der Waals surface area contributed by atoms with Gasteiger partial charge in [0.1, 0.15) is 17.8 Å². The van der Waals surface area contributed by atoms with Gasteiger partial charge < -0.3 is 14.2 Å². The molecule has 0 aromatic rings. The van der Waals surface area contributed by atoms with E-state index in [9.17, 15) is 14.4 Å². The van der Waals surface area contributed by atoms with Crippen LogP contribution in [0, 0.1) is 0 Å². The monoisotopic (exact) mass is 370 g/mol. The molecule has 6 nitrogen and oxygen atoms in total. The fraction of sp³-hybridized carbons (Fsp3) is 0.850. The summed E-state index contributed by atoms with van der Waals surface area (Å²) in [5.74, 6) is -0.882. The Morgan fingerprint density at radius 1 is 0.885 bits per heavy atom. The number of esters is 3. The van der Waals surface area contributed by atoms with Gasteiger partial charge in [-0.15, -0.1) is 0 Å².